The lowest BCUT2D eigenvalue weighted by molar-refractivity contribution is 0.563. The van der Waals surface area contributed by atoms with Crippen molar-refractivity contribution in [1.29, 1.82) is 0 Å². The van der Waals surface area contributed by atoms with Gasteiger partial charge in [-0.15, -0.1) is 0 Å². The minimum absolute atomic E-state index is 0.103. The third-order valence-corrected chi connectivity index (χ3v) is 3.04. The molecular formula is C10H17N3O. The van der Waals surface area contributed by atoms with Crippen molar-refractivity contribution in [2.75, 3.05) is 13.1 Å². The highest BCUT2D eigenvalue weighted by Crippen LogP contribution is 2.14. The lowest BCUT2D eigenvalue weighted by atomic mass is 10.0. The van der Waals surface area contributed by atoms with Gasteiger partial charge in [-0.25, -0.2) is 0 Å². The Kier molecular flexibility index (Phi) is 2.46. The van der Waals surface area contributed by atoms with Crippen LogP contribution >= 0.6 is 0 Å². The summed E-state index contributed by atoms with van der Waals surface area (Å²) >= 11 is 0. The highest BCUT2D eigenvalue weighted by atomic mass is 16.1. The smallest absolute Gasteiger partial charge is 0.269 e. The second-order valence-electron chi connectivity index (χ2n) is 4.14. The number of aromatic amines is 1. The molecule has 0 aromatic carbocycles. The van der Waals surface area contributed by atoms with E-state index in [1.54, 1.807) is 11.7 Å². The Morgan fingerprint density at radius 2 is 2.36 bits per heavy atom. The van der Waals surface area contributed by atoms with E-state index in [4.69, 9.17) is 0 Å². The first-order valence-corrected chi connectivity index (χ1v) is 5.13. The van der Waals surface area contributed by atoms with E-state index in [1.165, 1.54) is 6.42 Å². The lowest BCUT2D eigenvalue weighted by Gasteiger charge is -2.06. The fourth-order valence-electron chi connectivity index (χ4n) is 2.09. The molecule has 1 unspecified atom stereocenters. The maximum Gasteiger partial charge on any atom is 0.269 e. The Morgan fingerprint density at radius 1 is 1.57 bits per heavy atom. The first-order valence-electron chi connectivity index (χ1n) is 5.13. The van der Waals surface area contributed by atoms with Gasteiger partial charge in [0.2, 0.25) is 0 Å². The monoisotopic (exact) mass is 195 g/mol. The average molecular weight is 195 g/mol. The number of aryl methyl sites for hydroxylation is 1. The number of aromatic nitrogens is 2. The molecule has 0 aliphatic carbocycles. The normalized spacial score (nSPS) is 21.7. The van der Waals surface area contributed by atoms with E-state index >= 15 is 0 Å². The topological polar surface area (TPSA) is 49.8 Å². The van der Waals surface area contributed by atoms with Crippen LogP contribution in [0.3, 0.4) is 0 Å². The van der Waals surface area contributed by atoms with E-state index in [9.17, 15) is 4.79 Å². The molecule has 0 bridgehead atoms. The molecule has 78 valence electrons. The molecule has 14 heavy (non-hydrogen) atoms. The van der Waals surface area contributed by atoms with Crippen molar-refractivity contribution in [3.8, 4) is 0 Å². The van der Waals surface area contributed by atoms with Gasteiger partial charge >= 0.3 is 0 Å². The summed E-state index contributed by atoms with van der Waals surface area (Å²) in [5.74, 6) is 0.687. The van der Waals surface area contributed by atoms with Crippen molar-refractivity contribution in [1.82, 2.24) is 15.1 Å². The van der Waals surface area contributed by atoms with E-state index < -0.39 is 0 Å². The molecule has 4 heteroatoms. The zero-order valence-electron chi connectivity index (χ0n) is 8.76. The van der Waals surface area contributed by atoms with Gasteiger partial charge in [0.25, 0.3) is 5.56 Å². The van der Waals surface area contributed by atoms with Crippen LogP contribution in [0.25, 0.3) is 0 Å². The zero-order chi connectivity index (χ0) is 10.1. The molecular weight excluding hydrogens is 178 g/mol. The quantitative estimate of drug-likeness (QED) is 0.707. The Labute approximate surface area is 83.3 Å². The Morgan fingerprint density at radius 3 is 2.86 bits per heavy atom. The Bertz CT molecular complexity index is 371. The molecule has 2 N–H and O–H groups in total. The van der Waals surface area contributed by atoms with Crippen LogP contribution < -0.4 is 10.9 Å². The molecule has 4 nitrogen and oxygen atoms in total. The van der Waals surface area contributed by atoms with Gasteiger partial charge in [-0.1, -0.05) is 0 Å². The van der Waals surface area contributed by atoms with Crippen molar-refractivity contribution < 1.29 is 0 Å². The highest BCUT2D eigenvalue weighted by Gasteiger charge is 2.18. The summed E-state index contributed by atoms with van der Waals surface area (Å²) in [6.45, 7) is 4.09. The van der Waals surface area contributed by atoms with Crippen molar-refractivity contribution >= 4 is 0 Å². The molecule has 2 heterocycles. The van der Waals surface area contributed by atoms with Crippen LogP contribution in [-0.4, -0.2) is 22.9 Å². The molecule has 2 rings (SSSR count). The molecule has 0 amide bonds. The molecule has 1 aromatic rings. The molecule has 0 saturated carbocycles. The number of hydrogen-bond donors (Lipinski definition) is 2. The summed E-state index contributed by atoms with van der Waals surface area (Å²) in [5, 5.41) is 6.45. The van der Waals surface area contributed by atoms with Gasteiger partial charge < -0.3 is 5.32 Å². The number of nitrogens with zero attached hydrogens (tertiary/aromatic N) is 1. The largest absolute Gasteiger partial charge is 0.316 e. The zero-order valence-corrected chi connectivity index (χ0v) is 8.76. The van der Waals surface area contributed by atoms with Crippen molar-refractivity contribution in [3.05, 3.63) is 21.6 Å². The van der Waals surface area contributed by atoms with Gasteiger partial charge in [0, 0.05) is 18.3 Å². The van der Waals surface area contributed by atoms with Crippen LogP contribution in [0.15, 0.2) is 4.79 Å². The van der Waals surface area contributed by atoms with Crippen molar-refractivity contribution in [2.45, 2.75) is 19.8 Å². The third kappa shape index (κ3) is 1.62. The molecule has 0 spiro atoms. The molecule has 1 aliphatic rings. The van der Waals surface area contributed by atoms with E-state index in [0.29, 0.717) is 5.92 Å². The average Bonchev–Trinajstić information content (AvgIpc) is 2.73. The molecule has 1 aliphatic heterocycles. The number of nitrogens with one attached hydrogen (secondary N) is 2. The SMILES string of the molecule is Cc1c(CC2CCNC2)[nH]n(C)c1=O. The minimum Gasteiger partial charge on any atom is -0.316 e. The van der Waals surface area contributed by atoms with Crippen LogP contribution in [0.4, 0.5) is 0 Å². The van der Waals surface area contributed by atoms with Gasteiger partial charge in [-0.05, 0) is 38.8 Å². The molecule has 0 radical (unpaired) electrons. The highest BCUT2D eigenvalue weighted by molar-refractivity contribution is 5.15. The van der Waals surface area contributed by atoms with Crippen LogP contribution in [0.1, 0.15) is 17.7 Å². The fourth-order valence-corrected chi connectivity index (χ4v) is 2.09. The maximum atomic E-state index is 11.5. The van der Waals surface area contributed by atoms with Crippen LogP contribution in [0.5, 0.6) is 0 Å². The van der Waals surface area contributed by atoms with Gasteiger partial charge in [0.05, 0.1) is 0 Å². The first-order chi connectivity index (χ1) is 6.68. The van der Waals surface area contributed by atoms with Gasteiger partial charge in [-0.2, -0.15) is 0 Å². The van der Waals surface area contributed by atoms with Crippen molar-refractivity contribution in [2.24, 2.45) is 13.0 Å². The van der Waals surface area contributed by atoms with Crippen molar-refractivity contribution in [3.63, 3.8) is 0 Å². The van der Waals surface area contributed by atoms with Gasteiger partial charge in [0.1, 0.15) is 0 Å². The van der Waals surface area contributed by atoms with E-state index in [2.05, 4.69) is 10.4 Å². The van der Waals surface area contributed by atoms with Crippen LogP contribution in [0, 0.1) is 12.8 Å². The predicted octanol–water partition coefficient (Wildman–Crippen LogP) is 0.174. The summed E-state index contributed by atoms with van der Waals surface area (Å²) in [4.78, 5) is 11.5. The first kappa shape index (κ1) is 9.52. The summed E-state index contributed by atoms with van der Waals surface area (Å²) in [6, 6.07) is 0. The second-order valence-corrected chi connectivity index (χ2v) is 4.14. The lowest BCUT2D eigenvalue weighted by Crippen LogP contribution is -2.13. The number of hydrogen-bond acceptors (Lipinski definition) is 2. The fraction of sp³-hybridized carbons (Fsp3) is 0.700. The minimum atomic E-state index is 0.103. The maximum absolute atomic E-state index is 11.5. The van der Waals surface area contributed by atoms with E-state index in [-0.39, 0.29) is 5.56 Å². The summed E-state index contributed by atoms with van der Waals surface area (Å²) in [6.07, 6.45) is 2.21. The predicted molar refractivity (Wildman–Crippen MR) is 55.5 cm³/mol. The molecule has 1 atom stereocenters. The summed E-state index contributed by atoms with van der Waals surface area (Å²) in [7, 11) is 1.77. The molecule has 1 aromatic heterocycles. The summed E-state index contributed by atoms with van der Waals surface area (Å²) < 4.78 is 1.56. The third-order valence-electron chi connectivity index (χ3n) is 3.04. The van der Waals surface area contributed by atoms with E-state index in [0.717, 1.165) is 30.8 Å². The Balaban J connectivity index is 2.16. The van der Waals surface area contributed by atoms with Gasteiger partial charge in [0.15, 0.2) is 0 Å². The Hall–Kier alpha value is -1.03. The number of H-pyrrole nitrogens is 1. The standard InChI is InChI=1S/C10H17N3O/c1-7-9(12-13(2)10(7)14)5-8-3-4-11-6-8/h8,11-12H,3-6H2,1-2H3. The van der Waals surface area contributed by atoms with Gasteiger partial charge in [-0.3, -0.25) is 14.6 Å². The molecule has 1 saturated heterocycles. The van der Waals surface area contributed by atoms with Crippen LogP contribution in [0.2, 0.25) is 0 Å². The van der Waals surface area contributed by atoms with Crippen LogP contribution in [-0.2, 0) is 13.5 Å². The van der Waals surface area contributed by atoms with E-state index in [1.807, 2.05) is 6.92 Å². The number of rotatable bonds is 2. The summed E-state index contributed by atoms with van der Waals surface area (Å²) in [5.41, 5.74) is 2.08. The second kappa shape index (κ2) is 3.61. The molecule has 1 fully saturated rings.